The van der Waals surface area contributed by atoms with Gasteiger partial charge in [-0.1, -0.05) is 46.6 Å². The van der Waals surface area contributed by atoms with Crippen LogP contribution in [0.4, 0.5) is 76.4 Å². The van der Waals surface area contributed by atoms with Crippen LogP contribution >= 0.6 is 34.4 Å². The van der Waals surface area contributed by atoms with Crippen molar-refractivity contribution in [3.05, 3.63) is 112 Å². The SMILES string of the molecule is CCN(CC)c1cc(Nc2nc(Nc3cc(N(CC)CC)c(OC)cc3N=Nc3nc(S(=O)(=O)O)c(/C=C(/C(C)=O)C(=O)Nc4cccc(F)c4)s3)nc(SCCO)n2)c(N=Nc2ncc(/C=C(\C(C)=O)C(=O)Nc3cccc(F)c3)s2)cc1OC.O=S(=O)=O. The van der Waals surface area contributed by atoms with Crippen LogP contribution in [0.25, 0.3) is 12.2 Å². The van der Waals surface area contributed by atoms with Gasteiger partial charge in [0.25, 0.3) is 11.8 Å². The van der Waals surface area contributed by atoms with Crippen molar-refractivity contribution in [1.29, 1.82) is 0 Å². The molecule has 0 saturated heterocycles. The molecule has 7 aromatic rings. The van der Waals surface area contributed by atoms with Crippen LogP contribution in [0.3, 0.4) is 0 Å². The van der Waals surface area contributed by atoms with Gasteiger partial charge in [0.15, 0.2) is 16.7 Å². The number of nitrogens with one attached hydrogen (secondary N) is 4. The second-order valence-electron chi connectivity index (χ2n) is 18.0. The van der Waals surface area contributed by atoms with Crippen LogP contribution in [0, 0.1) is 11.6 Å². The number of nitrogens with zero attached hydrogens (tertiary/aromatic N) is 11. The molecule has 0 aliphatic carbocycles. The van der Waals surface area contributed by atoms with Crippen LogP contribution in [0.15, 0.2) is 121 Å². The molecule has 0 saturated carbocycles. The first kappa shape index (κ1) is 69.7. The number of halogens is 2. The number of carbonyl (C=O) groups excluding carboxylic acids is 4. The average molecular weight is 1330 g/mol. The van der Waals surface area contributed by atoms with E-state index in [-0.39, 0.29) is 78.6 Å². The Morgan fingerprint density at radius 2 is 1.14 bits per heavy atom. The molecule has 0 bridgehead atoms. The molecule has 474 valence electrons. The number of azo groups is 2. The Kier molecular flexibility index (Phi) is 25.3. The third kappa shape index (κ3) is 19.6. The van der Waals surface area contributed by atoms with Crippen LogP contribution in [0.1, 0.15) is 51.3 Å². The number of amides is 2. The maximum atomic E-state index is 13.9. The highest BCUT2D eigenvalue weighted by molar-refractivity contribution is 7.99. The summed E-state index contributed by atoms with van der Waals surface area (Å²) in [6.07, 6.45) is 3.67. The summed E-state index contributed by atoms with van der Waals surface area (Å²) < 4.78 is 100. The quantitative estimate of drug-likeness (QED) is 0.00662. The number of aromatic nitrogens is 5. The molecule has 0 atom stereocenters. The van der Waals surface area contributed by atoms with E-state index in [9.17, 15) is 46.0 Å². The summed E-state index contributed by atoms with van der Waals surface area (Å²) in [5, 5.41) is 37.9. The molecule has 0 radical (unpaired) electrons. The van der Waals surface area contributed by atoms with Gasteiger partial charge >= 0.3 is 20.7 Å². The number of rotatable bonds is 28. The van der Waals surface area contributed by atoms with Crippen molar-refractivity contribution < 1.29 is 68.1 Å². The van der Waals surface area contributed by atoms with Gasteiger partial charge in [0, 0.05) is 61.6 Å². The molecule has 28 nitrogen and oxygen atoms in total. The molecule has 2 amide bonds. The molecule has 3 heterocycles. The second kappa shape index (κ2) is 32.7. The molecule has 0 unspecified atom stereocenters. The van der Waals surface area contributed by atoms with Crippen LogP contribution in [0.5, 0.6) is 11.5 Å². The van der Waals surface area contributed by atoms with Crippen molar-refractivity contribution >= 4 is 158 Å². The highest BCUT2D eigenvalue weighted by Crippen LogP contribution is 2.43. The predicted molar refractivity (Wildman–Crippen MR) is 337 cm³/mol. The van der Waals surface area contributed by atoms with Crippen molar-refractivity contribution in [2.75, 3.05) is 83.8 Å². The smallest absolute Gasteiger partial charge is 0.425 e. The van der Waals surface area contributed by atoms with Gasteiger partial charge in [0.1, 0.15) is 34.5 Å². The number of benzene rings is 4. The lowest BCUT2D eigenvalue weighted by molar-refractivity contribution is -0.120. The molecule has 90 heavy (non-hydrogen) atoms. The number of Topliss-reactive ketones (excluding diaryl/α,β-unsaturated/α-hetero) is 2. The fraction of sp³-hybridized carbons (Fsp3) is 0.255. The van der Waals surface area contributed by atoms with E-state index in [0.717, 1.165) is 54.3 Å². The molecule has 0 spiro atoms. The highest BCUT2D eigenvalue weighted by atomic mass is 32.2. The summed E-state index contributed by atoms with van der Waals surface area (Å²) in [7, 11) is -5.25. The van der Waals surface area contributed by atoms with E-state index in [2.05, 4.69) is 61.7 Å². The number of ether oxygens (including phenoxy) is 2. The van der Waals surface area contributed by atoms with E-state index in [4.69, 9.17) is 27.1 Å². The molecule has 35 heteroatoms. The van der Waals surface area contributed by atoms with Crippen molar-refractivity contribution in [1.82, 2.24) is 24.9 Å². The maximum Gasteiger partial charge on any atom is 0.425 e. The second-order valence-corrected chi connectivity index (χ2v) is 22.8. The lowest BCUT2D eigenvalue weighted by atomic mass is 10.1. The van der Waals surface area contributed by atoms with Crippen LogP contribution in [-0.2, 0) is 39.9 Å². The molecule has 0 aliphatic rings. The number of methoxy groups -OCH3 is 2. The van der Waals surface area contributed by atoms with Gasteiger partial charge in [-0.05, 0) is 102 Å². The molecule has 0 aliphatic heterocycles. The maximum absolute atomic E-state index is 13.9. The first-order valence-corrected chi connectivity index (χ1v) is 31.6. The van der Waals surface area contributed by atoms with E-state index in [0.29, 0.717) is 71.0 Å². The minimum atomic E-state index is -5.10. The Morgan fingerprint density at radius 3 is 1.57 bits per heavy atom. The zero-order valence-electron chi connectivity index (χ0n) is 49.0. The normalized spacial score (nSPS) is 11.6. The van der Waals surface area contributed by atoms with Gasteiger partial charge in [-0.2, -0.15) is 23.4 Å². The van der Waals surface area contributed by atoms with Gasteiger partial charge in [-0.25, -0.2) is 18.7 Å². The number of hydrogen-bond acceptors (Lipinski definition) is 28. The van der Waals surface area contributed by atoms with Gasteiger partial charge in [0.2, 0.25) is 27.2 Å². The summed E-state index contributed by atoms with van der Waals surface area (Å²) >= 11 is 2.71. The van der Waals surface area contributed by atoms with Crippen molar-refractivity contribution in [2.24, 2.45) is 20.5 Å². The Bertz CT molecular complexity index is 4160. The number of ketones is 2. The fourth-order valence-electron chi connectivity index (χ4n) is 8.01. The molecule has 4 aromatic carbocycles. The lowest BCUT2D eigenvalue weighted by Gasteiger charge is -2.25. The summed E-state index contributed by atoms with van der Waals surface area (Å²) in [6.45, 7) is 12.2. The first-order valence-electron chi connectivity index (χ1n) is 26.5. The zero-order valence-corrected chi connectivity index (χ0v) is 53.1. The molecular formula is C55H57F2N15O13S5. The van der Waals surface area contributed by atoms with Gasteiger partial charge in [-0.3, -0.25) is 23.7 Å². The summed E-state index contributed by atoms with van der Waals surface area (Å²) in [5.41, 5.74) is 1.56. The Labute approximate surface area is 527 Å². The van der Waals surface area contributed by atoms with Gasteiger partial charge in [0.05, 0.1) is 64.5 Å². The monoisotopic (exact) mass is 1330 g/mol. The number of thiazole rings is 2. The number of thioether (sulfide) groups is 1. The third-order valence-electron chi connectivity index (χ3n) is 12.1. The molecule has 3 aromatic heterocycles. The number of hydrogen-bond donors (Lipinski definition) is 6. The summed E-state index contributed by atoms with van der Waals surface area (Å²) in [5.74, 6) is -3.41. The van der Waals surface area contributed by atoms with E-state index < -0.39 is 66.3 Å². The molecular weight excluding hydrogens is 1280 g/mol. The van der Waals surface area contributed by atoms with E-state index in [1.165, 1.54) is 63.7 Å². The fourth-order valence-corrected chi connectivity index (χ4v) is 11.0. The molecule has 7 rings (SSSR count). The number of aliphatic hydroxyl groups is 1. The van der Waals surface area contributed by atoms with Crippen LogP contribution in [0.2, 0.25) is 0 Å². The molecule has 0 fully saturated rings. The van der Waals surface area contributed by atoms with E-state index in [1.54, 1.807) is 24.3 Å². The Balaban J connectivity index is 0.00000313. The lowest BCUT2D eigenvalue weighted by Crippen LogP contribution is -2.22. The van der Waals surface area contributed by atoms with Gasteiger partial charge < -0.3 is 45.6 Å². The Morgan fingerprint density at radius 1 is 0.678 bits per heavy atom. The van der Waals surface area contributed by atoms with Crippen molar-refractivity contribution in [2.45, 2.75) is 51.7 Å². The summed E-state index contributed by atoms with van der Waals surface area (Å²) in [4.78, 5) is 78.3. The van der Waals surface area contributed by atoms with E-state index in [1.807, 2.05) is 37.5 Å². The topological polar surface area (TPSA) is 381 Å². The zero-order chi connectivity index (χ0) is 65.8. The number of aliphatic hydroxyl groups excluding tert-OH is 1. The van der Waals surface area contributed by atoms with E-state index >= 15 is 0 Å². The Hall–Kier alpha value is -9.39. The van der Waals surface area contributed by atoms with Crippen LogP contribution < -0.4 is 40.5 Å². The van der Waals surface area contributed by atoms with Crippen molar-refractivity contribution in [3.63, 3.8) is 0 Å². The largest absolute Gasteiger partial charge is 0.494 e. The number of carbonyl (C=O) groups is 4. The van der Waals surface area contributed by atoms with Crippen molar-refractivity contribution in [3.8, 4) is 11.5 Å². The minimum Gasteiger partial charge on any atom is -0.494 e. The highest BCUT2D eigenvalue weighted by Gasteiger charge is 2.26. The standard InChI is InChI=1S/C55H57F2N15O10S4.O3S/c1-9-71(10-2)43-25-39(41(27-45(43)81-7)67-69-53-58-29-36(84-53)23-37(30(5)74)48(76)59-34-17-13-15-32(56)21-34)61-51-64-52(66-54(65-51)83-20-19-73)62-40-26-44(72(11-3)12-4)46(82-8)28-42(40)68-70-55-63-50(86(78,79)80)47(85-55)24-38(31(6)75)49(77)60-35-18-14-16-33(57)22-35;1-4(2)3/h13-18,21-29,73H,9-12,19-20H2,1-8H3,(H,59,76)(H,60,77)(H,78,79,80)(H2,61,62,64,65,66);/b37-23+,38-24-,69-67?,70-68?;. The minimum absolute atomic E-state index is 0.0127. The predicted octanol–water partition coefficient (Wildman–Crippen LogP) is 10.6. The average Bonchev–Trinajstić information content (AvgIpc) is 1.34. The van der Waals surface area contributed by atoms with Crippen LogP contribution in [-0.4, -0.2) is 132 Å². The van der Waals surface area contributed by atoms with Gasteiger partial charge in [-0.15, -0.1) is 33.1 Å². The first-order chi connectivity index (χ1) is 42.9. The molecule has 6 N–H and O–H groups in total. The third-order valence-corrected chi connectivity index (χ3v) is 15.5. The summed E-state index contributed by atoms with van der Waals surface area (Å²) in [6, 6.07) is 16.8. The number of anilines is 8.